The molecule has 1 fully saturated rings. The zero-order valence-corrected chi connectivity index (χ0v) is 15.7. The largest absolute Gasteiger partial charge is 0.493 e. The van der Waals surface area contributed by atoms with Crippen LogP contribution in [0.5, 0.6) is 5.75 Å². The molecule has 0 amide bonds. The maximum atomic E-state index is 6.05. The first kappa shape index (κ1) is 18.0. The van der Waals surface area contributed by atoms with Gasteiger partial charge in [0, 0.05) is 31.1 Å². The number of ether oxygens (including phenoxy) is 2. The van der Waals surface area contributed by atoms with E-state index in [1.807, 2.05) is 18.2 Å². The van der Waals surface area contributed by atoms with Crippen molar-refractivity contribution in [3.8, 4) is 5.75 Å². The molecule has 0 bridgehead atoms. The number of rotatable bonds is 7. The number of benzene rings is 2. The van der Waals surface area contributed by atoms with Crippen LogP contribution in [0, 0.1) is 0 Å². The number of methoxy groups -OCH3 is 1. The van der Waals surface area contributed by atoms with E-state index in [-0.39, 0.29) is 6.04 Å². The number of para-hydroxylation sites is 1. The van der Waals surface area contributed by atoms with Gasteiger partial charge in [-0.3, -0.25) is 4.90 Å². The van der Waals surface area contributed by atoms with Gasteiger partial charge in [-0.1, -0.05) is 42.5 Å². The summed E-state index contributed by atoms with van der Waals surface area (Å²) in [6.07, 6.45) is 0. The van der Waals surface area contributed by atoms with Crippen LogP contribution in [-0.4, -0.2) is 44.9 Å². The lowest BCUT2D eigenvalue weighted by molar-refractivity contribution is 0.0332. The van der Waals surface area contributed by atoms with Crippen molar-refractivity contribution in [3.05, 3.63) is 65.9 Å². The van der Waals surface area contributed by atoms with Gasteiger partial charge in [-0.2, -0.15) is 0 Å². The maximum Gasteiger partial charge on any atom is 0.176 e. The number of hydrogen-bond acceptors (Lipinski definition) is 5. The normalized spacial score (nSPS) is 16.5. The van der Waals surface area contributed by atoms with Crippen LogP contribution < -0.4 is 10.1 Å². The Labute approximate surface area is 159 Å². The summed E-state index contributed by atoms with van der Waals surface area (Å²) >= 11 is 0. The Morgan fingerprint density at radius 2 is 1.89 bits per heavy atom. The van der Waals surface area contributed by atoms with Gasteiger partial charge in [0.15, 0.2) is 11.3 Å². The van der Waals surface area contributed by atoms with Gasteiger partial charge < -0.3 is 19.2 Å². The third-order valence-corrected chi connectivity index (χ3v) is 5.05. The molecule has 5 heteroatoms. The molecule has 1 aromatic heterocycles. The van der Waals surface area contributed by atoms with Gasteiger partial charge >= 0.3 is 0 Å². The molecule has 0 radical (unpaired) electrons. The van der Waals surface area contributed by atoms with Crippen molar-refractivity contribution in [1.82, 2.24) is 10.2 Å². The summed E-state index contributed by atoms with van der Waals surface area (Å²) in [6.45, 7) is 5.20. The van der Waals surface area contributed by atoms with Crippen LogP contribution in [0.25, 0.3) is 11.0 Å². The van der Waals surface area contributed by atoms with Gasteiger partial charge in [-0.05, 0) is 17.7 Å². The van der Waals surface area contributed by atoms with Gasteiger partial charge in [0.2, 0.25) is 0 Å². The molecule has 1 N–H and O–H groups in total. The molecule has 1 unspecified atom stereocenters. The summed E-state index contributed by atoms with van der Waals surface area (Å²) in [7, 11) is 1.67. The molecule has 27 heavy (non-hydrogen) atoms. The second-order valence-corrected chi connectivity index (χ2v) is 6.85. The van der Waals surface area contributed by atoms with Gasteiger partial charge in [0.05, 0.1) is 26.9 Å². The molecule has 0 saturated carbocycles. The smallest absolute Gasteiger partial charge is 0.176 e. The average Bonchev–Trinajstić information content (AvgIpc) is 3.15. The van der Waals surface area contributed by atoms with Gasteiger partial charge in [0.1, 0.15) is 5.76 Å². The molecule has 2 heterocycles. The van der Waals surface area contributed by atoms with E-state index in [9.17, 15) is 0 Å². The van der Waals surface area contributed by atoms with Crippen LogP contribution in [0.2, 0.25) is 0 Å². The Hall–Kier alpha value is -2.34. The third kappa shape index (κ3) is 4.33. The van der Waals surface area contributed by atoms with E-state index < -0.39 is 0 Å². The molecule has 3 aromatic rings. The van der Waals surface area contributed by atoms with E-state index in [4.69, 9.17) is 13.9 Å². The molecular weight excluding hydrogens is 340 g/mol. The summed E-state index contributed by atoms with van der Waals surface area (Å²) in [5, 5.41) is 4.75. The molecule has 1 atom stereocenters. The fourth-order valence-electron chi connectivity index (χ4n) is 3.58. The minimum atomic E-state index is 0.236. The number of furan rings is 1. The van der Waals surface area contributed by atoms with Crippen molar-refractivity contribution >= 4 is 11.0 Å². The Morgan fingerprint density at radius 3 is 2.67 bits per heavy atom. The predicted octanol–water partition coefficient (Wildman–Crippen LogP) is 3.60. The summed E-state index contributed by atoms with van der Waals surface area (Å²) in [5.74, 6) is 1.68. The van der Waals surface area contributed by atoms with Crippen LogP contribution in [0.3, 0.4) is 0 Å². The fraction of sp³-hybridized carbons (Fsp3) is 0.364. The van der Waals surface area contributed by atoms with Crippen LogP contribution in [0.1, 0.15) is 17.4 Å². The van der Waals surface area contributed by atoms with Crippen molar-refractivity contribution in [1.29, 1.82) is 0 Å². The molecule has 1 aliphatic heterocycles. The topological polar surface area (TPSA) is 46.9 Å². The van der Waals surface area contributed by atoms with Crippen molar-refractivity contribution in [3.63, 3.8) is 0 Å². The highest BCUT2D eigenvalue weighted by atomic mass is 16.5. The quantitative estimate of drug-likeness (QED) is 0.692. The summed E-state index contributed by atoms with van der Waals surface area (Å²) in [6, 6.07) is 18.9. The van der Waals surface area contributed by atoms with Gasteiger partial charge in [-0.25, -0.2) is 0 Å². The minimum Gasteiger partial charge on any atom is -0.493 e. The van der Waals surface area contributed by atoms with Crippen LogP contribution in [-0.2, 0) is 11.3 Å². The highest BCUT2D eigenvalue weighted by Gasteiger charge is 2.19. The lowest BCUT2D eigenvalue weighted by Gasteiger charge is -2.31. The number of nitrogens with zero attached hydrogens (tertiary/aromatic N) is 1. The third-order valence-electron chi connectivity index (χ3n) is 5.05. The lowest BCUT2D eigenvalue weighted by atomic mass is 10.1. The van der Waals surface area contributed by atoms with E-state index in [0.29, 0.717) is 6.54 Å². The number of hydrogen-bond donors (Lipinski definition) is 1. The number of fused-ring (bicyclic) bond motifs is 1. The Morgan fingerprint density at radius 1 is 1.07 bits per heavy atom. The number of nitrogens with one attached hydrogen (secondary N) is 1. The van der Waals surface area contributed by atoms with Gasteiger partial charge in [-0.15, -0.1) is 0 Å². The summed E-state index contributed by atoms with van der Waals surface area (Å²) in [5.41, 5.74) is 2.10. The monoisotopic (exact) mass is 366 g/mol. The maximum absolute atomic E-state index is 6.05. The Bertz CT molecular complexity index is 856. The van der Waals surface area contributed by atoms with Crippen molar-refractivity contribution in [2.45, 2.75) is 12.6 Å². The van der Waals surface area contributed by atoms with Crippen LogP contribution in [0.4, 0.5) is 0 Å². The zero-order valence-electron chi connectivity index (χ0n) is 15.7. The molecule has 0 aliphatic carbocycles. The van der Waals surface area contributed by atoms with E-state index in [2.05, 4.69) is 46.6 Å². The molecule has 5 nitrogen and oxygen atoms in total. The van der Waals surface area contributed by atoms with E-state index in [1.165, 1.54) is 5.56 Å². The second kappa shape index (κ2) is 8.57. The molecular formula is C22H26N2O3. The molecule has 1 aliphatic rings. The SMILES string of the molecule is COc1cccc2cc(CNC(CN3CCOCC3)c3ccccc3)oc12. The van der Waals surface area contributed by atoms with E-state index in [0.717, 1.165) is 55.3 Å². The molecule has 1 saturated heterocycles. The van der Waals surface area contributed by atoms with Crippen molar-refractivity contribution in [2.75, 3.05) is 40.0 Å². The predicted molar refractivity (Wildman–Crippen MR) is 106 cm³/mol. The van der Waals surface area contributed by atoms with Crippen molar-refractivity contribution in [2.24, 2.45) is 0 Å². The first-order valence-corrected chi connectivity index (χ1v) is 9.47. The first-order valence-electron chi connectivity index (χ1n) is 9.47. The van der Waals surface area contributed by atoms with Crippen LogP contribution in [0.15, 0.2) is 59.0 Å². The number of morpholine rings is 1. The second-order valence-electron chi connectivity index (χ2n) is 6.85. The summed E-state index contributed by atoms with van der Waals surface area (Å²) < 4.78 is 16.9. The van der Waals surface area contributed by atoms with Crippen LogP contribution >= 0.6 is 0 Å². The first-order chi connectivity index (χ1) is 13.3. The fourth-order valence-corrected chi connectivity index (χ4v) is 3.58. The Balaban J connectivity index is 1.49. The highest BCUT2D eigenvalue weighted by Crippen LogP contribution is 2.28. The molecule has 0 spiro atoms. The van der Waals surface area contributed by atoms with E-state index in [1.54, 1.807) is 7.11 Å². The van der Waals surface area contributed by atoms with E-state index >= 15 is 0 Å². The zero-order chi connectivity index (χ0) is 18.5. The summed E-state index contributed by atoms with van der Waals surface area (Å²) in [4.78, 5) is 2.45. The molecule has 4 rings (SSSR count). The lowest BCUT2D eigenvalue weighted by Crippen LogP contribution is -2.41. The minimum absolute atomic E-state index is 0.236. The molecule has 142 valence electrons. The Kier molecular flexibility index (Phi) is 5.72. The van der Waals surface area contributed by atoms with Gasteiger partial charge in [0.25, 0.3) is 0 Å². The molecule has 2 aromatic carbocycles. The van der Waals surface area contributed by atoms with Crippen molar-refractivity contribution < 1.29 is 13.9 Å². The highest BCUT2D eigenvalue weighted by molar-refractivity contribution is 5.83. The standard InChI is InChI=1S/C22H26N2O3/c1-25-21-9-5-8-18-14-19(27-22(18)21)15-23-20(17-6-3-2-4-7-17)16-24-10-12-26-13-11-24/h2-9,14,20,23H,10-13,15-16H2,1H3. The average molecular weight is 366 g/mol.